The van der Waals surface area contributed by atoms with Gasteiger partial charge in [0, 0.05) is 29.1 Å². The smallest absolute Gasteiger partial charge is 0.352 e. The number of H-pyrrole nitrogens is 1. The van der Waals surface area contributed by atoms with Crippen LogP contribution < -0.4 is 5.73 Å². The standard InChI is InChI=1S/C15H10ClFN4O2/c16-10-3-1-2-8(12(10)17)9-6-20-15(18)21-13(9)7-4-11(14(22)23)19-5-7/h1-6,19H,(H,22,23)(H2,18,20,21). The number of carbonyl (C=O) groups is 1. The molecule has 116 valence electrons. The Hall–Kier alpha value is -2.93. The van der Waals surface area contributed by atoms with Crippen LogP contribution in [0.2, 0.25) is 5.02 Å². The zero-order valence-electron chi connectivity index (χ0n) is 11.5. The number of aromatic carboxylic acids is 1. The van der Waals surface area contributed by atoms with Crippen LogP contribution in [0.3, 0.4) is 0 Å². The summed E-state index contributed by atoms with van der Waals surface area (Å²) in [5.74, 6) is -1.74. The molecule has 3 rings (SSSR count). The van der Waals surface area contributed by atoms with E-state index in [4.69, 9.17) is 22.4 Å². The van der Waals surface area contributed by atoms with Crippen LogP contribution in [0.4, 0.5) is 10.3 Å². The molecular weight excluding hydrogens is 323 g/mol. The van der Waals surface area contributed by atoms with E-state index in [9.17, 15) is 9.18 Å². The predicted octanol–water partition coefficient (Wildman–Crippen LogP) is 3.21. The third-order valence-electron chi connectivity index (χ3n) is 3.24. The van der Waals surface area contributed by atoms with Gasteiger partial charge in [0.1, 0.15) is 11.5 Å². The summed E-state index contributed by atoms with van der Waals surface area (Å²) < 4.78 is 14.3. The number of rotatable bonds is 3. The number of aromatic amines is 1. The number of nitrogens with one attached hydrogen (secondary N) is 1. The molecule has 0 radical (unpaired) electrons. The average molecular weight is 333 g/mol. The summed E-state index contributed by atoms with van der Waals surface area (Å²) >= 11 is 5.81. The van der Waals surface area contributed by atoms with Crippen molar-refractivity contribution in [2.45, 2.75) is 0 Å². The highest BCUT2D eigenvalue weighted by atomic mass is 35.5. The van der Waals surface area contributed by atoms with E-state index < -0.39 is 11.8 Å². The van der Waals surface area contributed by atoms with Gasteiger partial charge in [0.25, 0.3) is 0 Å². The number of benzene rings is 1. The zero-order valence-corrected chi connectivity index (χ0v) is 12.3. The first-order chi connectivity index (χ1) is 11.0. The second-order valence-corrected chi connectivity index (χ2v) is 5.11. The van der Waals surface area contributed by atoms with Crippen LogP contribution in [-0.4, -0.2) is 26.0 Å². The van der Waals surface area contributed by atoms with Crippen LogP contribution >= 0.6 is 11.6 Å². The van der Waals surface area contributed by atoms with Crippen molar-refractivity contribution in [3.8, 4) is 22.4 Å². The highest BCUT2D eigenvalue weighted by Gasteiger charge is 2.17. The molecule has 0 saturated carbocycles. The number of hydrogen-bond acceptors (Lipinski definition) is 4. The molecule has 3 aromatic rings. The Labute approximate surface area is 134 Å². The highest BCUT2D eigenvalue weighted by molar-refractivity contribution is 6.31. The van der Waals surface area contributed by atoms with E-state index in [0.29, 0.717) is 16.8 Å². The molecule has 0 bridgehead atoms. The first-order valence-electron chi connectivity index (χ1n) is 6.46. The van der Waals surface area contributed by atoms with Gasteiger partial charge in [-0.15, -0.1) is 0 Å². The monoisotopic (exact) mass is 332 g/mol. The molecular formula is C15H10ClFN4O2. The van der Waals surface area contributed by atoms with Crippen molar-refractivity contribution in [1.29, 1.82) is 0 Å². The summed E-state index contributed by atoms with van der Waals surface area (Å²) in [6.45, 7) is 0. The molecule has 0 atom stereocenters. The van der Waals surface area contributed by atoms with E-state index in [1.165, 1.54) is 30.6 Å². The number of aromatic nitrogens is 3. The summed E-state index contributed by atoms with van der Waals surface area (Å²) in [7, 11) is 0. The third-order valence-corrected chi connectivity index (χ3v) is 3.53. The van der Waals surface area contributed by atoms with E-state index in [0.717, 1.165) is 0 Å². The van der Waals surface area contributed by atoms with Gasteiger partial charge in [0.2, 0.25) is 5.95 Å². The first kappa shape index (κ1) is 15.0. The molecule has 4 N–H and O–H groups in total. The van der Waals surface area contributed by atoms with E-state index in [2.05, 4.69) is 15.0 Å². The van der Waals surface area contributed by atoms with Gasteiger partial charge in [0.15, 0.2) is 0 Å². The van der Waals surface area contributed by atoms with Crippen molar-refractivity contribution >= 4 is 23.5 Å². The largest absolute Gasteiger partial charge is 0.477 e. The number of carboxylic acids is 1. The van der Waals surface area contributed by atoms with Crippen molar-refractivity contribution in [1.82, 2.24) is 15.0 Å². The number of nitrogens with two attached hydrogens (primary N) is 1. The van der Waals surface area contributed by atoms with E-state index in [1.54, 1.807) is 6.07 Å². The third kappa shape index (κ3) is 2.74. The zero-order chi connectivity index (χ0) is 16.6. The van der Waals surface area contributed by atoms with Crippen LogP contribution in [0.1, 0.15) is 10.5 Å². The highest BCUT2D eigenvalue weighted by Crippen LogP contribution is 2.34. The molecule has 1 aromatic carbocycles. The summed E-state index contributed by atoms with van der Waals surface area (Å²) in [6.07, 6.45) is 2.83. The molecule has 0 aliphatic carbocycles. The van der Waals surface area contributed by atoms with Crippen LogP contribution in [0.15, 0.2) is 36.7 Å². The fraction of sp³-hybridized carbons (Fsp3) is 0. The molecule has 0 aliphatic heterocycles. The van der Waals surface area contributed by atoms with Gasteiger partial charge < -0.3 is 15.8 Å². The number of hydrogen-bond donors (Lipinski definition) is 3. The quantitative estimate of drug-likeness (QED) is 0.683. The second-order valence-electron chi connectivity index (χ2n) is 4.70. The number of carboxylic acid groups (broad SMARTS) is 1. The van der Waals surface area contributed by atoms with Crippen LogP contribution in [0.25, 0.3) is 22.4 Å². The van der Waals surface area contributed by atoms with Crippen LogP contribution in [0.5, 0.6) is 0 Å². The Morgan fingerprint density at radius 3 is 2.83 bits per heavy atom. The van der Waals surface area contributed by atoms with Gasteiger partial charge >= 0.3 is 5.97 Å². The molecule has 8 heteroatoms. The lowest BCUT2D eigenvalue weighted by molar-refractivity contribution is 0.0691. The van der Waals surface area contributed by atoms with Crippen LogP contribution in [-0.2, 0) is 0 Å². The van der Waals surface area contributed by atoms with Crippen molar-refractivity contribution < 1.29 is 14.3 Å². The van der Waals surface area contributed by atoms with Crippen molar-refractivity contribution in [2.75, 3.05) is 5.73 Å². The Kier molecular flexibility index (Phi) is 3.71. The van der Waals surface area contributed by atoms with Gasteiger partial charge in [0.05, 0.1) is 10.7 Å². The van der Waals surface area contributed by atoms with E-state index >= 15 is 0 Å². The lowest BCUT2D eigenvalue weighted by Crippen LogP contribution is -1.99. The van der Waals surface area contributed by atoms with Crippen LogP contribution in [0, 0.1) is 5.82 Å². The number of nitrogens with zero attached hydrogens (tertiary/aromatic N) is 2. The molecule has 0 saturated heterocycles. The van der Waals surface area contributed by atoms with Gasteiger partial charge in [-0.2, -0.15) is 0 Å². The molecule has 2 heterocycles. The van der Waals surface area contributed by atoms with Crippen molar-refractivity contribution in [3.63, 3.8) is 0 Å². The normalized spacial score (nSPS) is 10.7. The fourth-order valence-corrected chi connectivity index (χ4v) is 2.35. The topological polar surface area (TPSA) is 105 Å². The fourth-order valence-electron chi connectivity index (χ4n) is 2.18. The van der Waals surface area contributed by atoms with Gasteiger partial charge in [-0.1, -0.05) is 23.7 Å². The molecule has 23 heavy (non-hydrogen) atoms. The average Bonchev–Trinajstić information content (AvgIpc) is 3.00. The lowest BCUT2D eigenvalue weighted by atomic mass is 10.0. The minimum Gasteiger partial charge on any atom is -0.477 e. The van der Waals surface area contributed by atoms with Gasteiger partial charge in [-0.25, -0.2) is 19.2 Å². The molecule has 6 nitrogen and oxygen atoms in total. The van der Waals surface area contributed by atoms with E-state index in [-0.39, 0.29) is 22.2 Å². The first-order valence-corrected chi connectivity index (χ1v) is 6.84. The Morgan fingerprint density at radius 1 is 1.35 bits per heavy atom. The summed E-state index contributed by atoms with van der Waals surface area (Å²) in [6, 6.07) is 5.94. The Balaban J connectivity index is 2.22. The summed E-state index contributed by atoms with van der Waals surface area (Å²) in [4.78, 5) is 21.6. The molecule has 0 unspecified atom stereocenters. The van der Waals surface area contributed by atoms with Gasteiger partial charge in [-0.05, 0) is 12.1 Å². The number of halogens is 2. The van der Waals surface area contributed by atoms with Gasteiger partial charge in [-0.3, -0.25) is 0 Å². The maximum atomic E-state index is 14.3. The minimum atomic E-state index is -1.12. The summed E-state index contributed by atoms with van der Waals surface area (Å²) in [5.41, 5.74) is 6.90. The predicted molar refractivity (Wildman–Crippen MR) is 83.6 cm³/mol. The minimum absolute atomic E-state index is 0.00994. The summed E-state index contributed by atoms with van der Waals surface area (Å²) in [5, 5.41) is 8.96. The van der Waals surface area contributed by atoms with Crippen molar-refractivity contribution in [3.05, 3.63) is 53.2 Å². The molecule has 0 spiro atoms. The second kappa shape index (κ2) is 5.69. The van der Waals surface area contributed by atoms with Crippen molar-refractivity contribution in [2.24, 2.45) is 0 Å². The maximum absolute atomic E-state index is 14.3. The lowest BCUT2D eigenvalue weighted by Gasteiger charge is -2.09. The molecule has 0 amide bonds. The number of nitrogen functional groups attached to an aromatic ring is 1. The Bertz CT molecular complexity index is 910. The van der Waals surface area contributed by atoms with E-state index in [1.807, 2.05) is 0 Å². The Morgan fingerprint density at radius 2 is 2.13 bits per heavy atom. The molecule has 2 aromatic heterocycles. The SMILES string of the molecule is Nc1ncc(-c2cccc(Cl)c2F)c(-c2c[nH]c(C(=O)O)c2)n1. The molecule has 0 fully saturated rings. The maximum Gasteiger partial charge on any atom is 0.352 e. The number of anilines is 1. The molecule has 0 aliphatic rings.